The molecular formula is C17H20N2O3. The number of hydrogen-bond donors (Lipinski definition) is 0. The molecule has 2 atom stereocenters. The van der Waals surface area contributed by atoms with Crippen LogP contribution in [0.3, 0.4) is 0 Å². The molecule has 2 unspecified atom stereocenters. The number of non-ortho nitro benzene ring substituents is 1. The van der Waals surface area contributed by atoms with Crippen molar-refractivity contribution < 1.29 is 9.72 Å². The van der Waals surface area contributed by atoms with Crippen LogP contribution >= 0.6 is 0 Å². The second-order valence-electron chi connectivity index (χ2n) is 7.16. The SMILES string of the molecule is CC12CCC(CC1=NC(=O)c1cccc([N+](=O)[O-])c1)C2(C)C. The highest BCUT2D eigenvalue weighted by atomic mass is 16.6. The highest BCUT2D eigenvalue weighted by molar-refractivity contribution is 6.07. The third-order valence-electron chi connectivity index (χ3n) is 6.05. The maximum Gasteiger partial charge on any atom is 0.277 e. The van der Waals surface area contributed by atoms with Gasteiger partial charge in [-0.15, -0.1) is 0 Å². The summed E-state index contributed by atoms with van der Waals surface area (Å²) in [4.78, 5) is 27.1. The molecule has 0 aromatic heterocycles. The van der Waals surface area contributed by atoms with E-state index in [-0.39, 0.29) is 28.0 Å². The molecule has 5 nitrogen and oxygen atoms in total. The second kappa shape index (κ2) is 4.73. The summed E-state index contributed by atoms with van der Waals surface area (Å²) in [6, 6.07) is 5.79. The number of nitro benzene ring substituents is 1. The molecule has 0 radical (unpaired) electrons. The predicted molar refractivity (Wildman–Crippen MR) is 84.1 cm³/mol. The molecule has 116 valence electrons. The molecule has 0 N–H and O–H groups in total. The second-order valence-corrected chi connectivity index (χ2v) is 7.16. The van der Waals surface area contributed by atoms with Gasteiger partial charge in [0.1, 0.15) is 0 Å². The average molecular weight is 300 g/mol. The van der Waals surface area contributed by atoms with Gasteiger partial charge in [-0.3, -0.25) is 14.9 Å². The standard InChI is InChI=1S/C17H20N2O3/c1-16(2)12-7-8-17(16,3)14(10-12)18-15(20)11-5-4-6-13(9-11)19(21)22/h4-6,9,12H,7-8,10H2,1-3H3. The molecule has 0 aliphatic heterocycles. The Kier molecular flexibility index (Phi) is 3.20. The van der Waals surface area contributed by atoms with Crippen LogP contribution in [0.5, 0.6) is 0 Å². The van der Waals surface area contributed by atoms with Crippen molar-refractivity contribution >= 4 is 17.3 Å². The number of aliphatic imine (C=N–C) groups is 1. The lowest BCUT2D eigenvalue weighted by atomic mass is 9.70. The zero-order chi connectivity index (χ0) is 16.1. The van der Waals surface area contributed by atoms with E-state index in [2.05, 4.69) is 25.8 Å². The minimum atomic E-state index is -0.494. The summed E-state index contributed by atoms with van der Waals surface area (Å²) in [5.74, 6) is 0.206. The summed E-state index contributed by atoms with van der Waals surface area (Å²) in [5.41, 5.74) is 1.30. The van der Waals surface area contributed by atoms with E-state index in [1.807, 2.05) is 0 Å². The molecule has 2 aliphatic carbocycles. The largest absolute Gasteiger partial charge is 0.277 e. The number of fused-ring (bicyclic) bond motifs is 2. The Morgan fingerprint density at radius 1 is 1.36 bits per heavy atom. The van der Waals surface area contributed by atoms with Gasteiger partial charge in [0, 0.05) is 28.8 Å². The monoisotopic (exact) mass is 300 g/mol. The van der Waals surface area contributed by atoms with Crippen LogP contribution < -0.4 is 0 Å². The number of nitro groups is 1. The fourth-order valence-corrected chi connectivity index (χ4v) is 4.04. The first kappa shape index (κ1) is 14.9. The van der Waals surface area contributed by atoms with Crippen LogP contribution in [0.25, 0.3) is 0 Å². The van der Waals surface area contributed by atoms with Gasteiger partial charge in [-0.25, -0.2) is 4.99 Å². The number of hydrogen-bond acceptors (Lipinski definition) is 3. The summed E-state index contributed by atoms with van der Waals surface area (Å²) in [6.07, 6.45) is 3.11. The van der Waals surface area contributed by atoms with Crippen molar-refractivity contribution in [3.05, 3.63) is 39.9 Å². The average Bonchev–Trinajstić information content (AvgIpc) is 2.80. The predicted octanol–water partition coefficient (Wildman–Crippen LogP) is 4.02. The molecule has 0 saturated heterocycles. The van der Waals surface area contributed by atoms with Gasteiger partial charge in [-0.1, -0.05) is 26.8 Å². The van der Waals surface area contributed by atoms with E-state index in [0.29, 0.717) is 5.92 Å². The Morgan fingerprint density at radius 3 is 2.64 bits per heavy atom. The Hall–Kier alpha value is -2.04. The van der Waals surface area contributed by atoms with Crippen LogP contribution in [0.2, 0.25) is 0 Å². The number of rotatable bonds is 2. The van der Waals surface area contributed by atoms with Gasteiger partial charge in [0.25, 0.3) is 11.6 Å². The summed E-state index contributed by atoms with van der Waals surface area (Å²) < 4.78 is 0. The van der Waals surface area contributed by atoms with Crippen molar-refractivity contribution in [2.75, 3.05) is 0 Å². The first-order valence-electron chi connectivity index (χ1n) is 7.62. The topological polar surface area (TPSA) is 72.6 Å². The molecule has 1 aromatic carbocycles. The molecule has 2 aliphatic rings. The summed E-state index contributed by atoms with van der Waals surface area (Å²) in [6.45, 7) is 6.70. The molecule has 1 aromatic rings. The maximum atomic E-state index is 12.4. The molecule has 5 heteroatoms. The fourth-order valence-electron chi connectivity index (χ4n) is 4.04. The van der Waals surface area contributed by atoms with E-state index >= 15 is 0 Å². The minimum absolute atomic E-state index is 0.0337. The summed E-state index contributed by atoms with van der Waals surface area (Å²) >= 11 is 0. The normalized spacial score (nSPS) is 30.7. The molecule has 22 heavy (non-hydrogen) atoms. The maximum absolute atomic E-state index is 12.4. The lowest BCUT2D eigenvalue weighted by Gasteiger charge is -2.34. The number of carbonyl (C=O) groups is 1. The highest BCUT2D eigenvalue weighted by Crippen LogP contribution is 2.64. The van der Waals surface area contributed by atoms with Crippen molar-refractivity contribution in [2.24, 2.45) is 21.7 Å². The number of amides is 1. The molecule has 1 amide bonds. The summed E-state index contributed by atoms with van der Waals surface area (Å²) in [5, 5.41) is 10.8. The van der Waals surface area contributed by atoms with Crippen LogP contribution in [-0.4, -0.2) is 16.5 Å². The van der Waals surface area contributed by atoms with Crippen LogP contribution in [0.4, 0.5) is 5.69 Å². The third-order valence-corrected chi connectivity index (χ3v) is 6.05. The highest BCUT2D eigenvalue weighted by Gasteiger charge is 2.59. The number of benzene rings is 1. The number of carbonyl (C=O) groups excluding carboxylic acids is 1. The quantitative estimate of drug-likeness (QED) is 0.611. The summed E-state index contributed by atoms with van der Waals surface area (Å²) in [7, 11) is 0. The van der Waals surface area contributed by atoms with Crippen LogP contribution in [0, 0.1) is 26.9 Å². The number of nitrogens with zero attached hydrogens (tertiary/aromatic N) is 2. The molecule has 2 fully saturated rings. The molecule has 0 spiro atoms. The van der Waals surface area contributed by atoms with Crippen molar-refractivity contribution in [1.82, 2.24) is 0 Å². The van der Waals surface area contributed by atoms with Crippen LogP contribution in [0.15, 0.2) is 29.3 Å². The van der Waals surface area contributed by atoms with Gasteiger partial charge in [-0.2, -0.15) is 0 Å². The smallest absolute Gasteiger partial charge is 0.267 e. The van der Waals surface area contributed by atoms with E-state index in [9.17, 15) is 14.9 Å². The van der Waals surface area contributed by atoms with Gasteiger partial charge in [0.2, 0.25) is 0 Å². The van der Waals surface area contributed by atoms with Gasteiger partial charge in [-0.05, 0) is 36.7 Å². The van der Waals surface area contributed by atoms with Gasteiger partial charge >= 0.3 is 0 Å². The first-order valence-corrected chi connectivity index (χ1v) is 7.62. The first-order chi connectivity index (χ1) is 10.3. The van der Waals surface area contributed by atoms with E-state index in [0.717, 1.165) is 18.6 Å². The Bertz CT molecular complexity index is 693. The Balaban J connectivity index is 1.92. The lowest BCUT2D eigenvalue weighted by molar-refractivity contribution is -0.384. The Morgan fingerprint density at radius 2 is 2.09 bits per heavy atom. The minimum Gasteiger partial charge on any atom is -0.267 e. The molecular weight excluding hydrogens is 280 g/mol. The van der Waals surface area contributed by atoms with Crippen molar-refractivity contribution in [2.45, 2.75) is 40.0 Å². The van der Waals surface area contributed by atoms with Crippen LogP contribution in [0.1, 0.15) is 50.4 Å². The molecule has 2 bridgehead atoms. The zero-order valence-corrected chi connectivity index (χ0v) is 13.1. The lowest BCUT2D eigenvalue weighted by Crippen LogP contribution is -2.33. The molecule has 0 heterocycles. The van der Waals surface area contributed by atoms with Crippen molar-refractivity contribution in [1.29, 1.82) is 0 Å². The molecule has 3 rings (SSSR count). The van der Waals surface area contributed by atoms with E-state index in [1.165, 1.54) is 24.6 Å². The third kappa shape index (κ3) is 1.99. The van der Waals surface area contributed by atoms with Gasteiger partial charge in [0.15, 0.2) is 0 Å². The Labute approximate surface area is 129 Å². The van der Waals surface area contributed by atoms with E-state index in [4.69, 9.17) is 0 Å². The van der Waals surface area contributed by atoms with Crippen molar-refractivity contribution in [3.63, 3.8) is 0 Å². The van der Waals surface area contributed by atoms with Crippen molar-refractivity contribution in [3.8, 4) is 0 Å². The van der Waals surface area contributed by atoms with Gasteiger partial charge in [0.05, 0.1) is 4.92 Å². The van der Waals surface area contributed by atoms with E-state index in [1.54, 1.807) is 6.07 Å². The molecule has 2 saturated carbocycles. The van der Waals surface area contributed by atoms with E-state index < -0.39 is 4.92 Å². The van der Waals surface area contributed by atoms with Crippen LogP contribution in [-0.2, 0) is 0 Å². The van der Waals surface area contributed by atoms with Gasteiger partial charge < -0.3 is 0 Å². The fraction of sp³-hybridized carbons (Fsp3) is 0.529. The zero-order valence-electron chi connectivity index (χ0n) is 13.1.